The van der Waals surface area contributed by atoms with E-state index in [1.165, 1.54) is 38.5 Å². The highest BCUT2D eigenvalue weighted by molar-refractivity contribution is 6.04. The molecule has 0 aliphatic heterocycles. The smallest absolute Gasteiger partial charge is 0.255 e. The Morgan fingerprint density at radius 1 is 1.07 bits per heavy atom. The average molecular weight is 366 g/mol. The minimum Gasteiger partial charge on any atom is -0.399 e. The molecule has 0 saturated heterocycles. The number of rotatable bonds is 7. The van der Waals surface area contributed by atoms with Crippen molar-refractivity contribution in [3.63, 3.8) is 0 Å². The summed E-state index contributed by atoms with van der Waals surface area (Å²) in [6, 6.07) is 15.5. The van der Waals surface area contributed by atoms with Gasteiger partial charge in [0.1, 0.15) is 0 Å². The molecule has 3 rings (SSSR count). The molecule has 1 atom stereocenters. The monoisotopic (exact) mass is 365 g/mol. The van der Waals surface area contributed by atoms with E-state index >= 15 is 0 Å². The van der Waals surface area contributed by atoms with Crippen LogP contribution in [0.25, 0.3) is 0 Å². The zero-order valence-electron chi connectivity index (χ0n) is 16.2. The Balaban J connectivity index is 1.56. The molecule has 27 heavy (non-hydrogen) atoms. The Morgan fingerprint density at radius 2 is 1.78 bits per heavy atom. The first kappa shape index (κ1) is 19.4. The highest BCUT2D eigenvalue weighted by atomic mass is 16.1. The van der Waals surface area contributed by atoms with E-state index in [1.807, 2.05) is 18.2 Å². The number of benzene rings is 2. The SMILES string of the molecule is C[C@@H](CC1CCCCC1)NCc1ccccc1NC(=O)c1ccc(N)cc1. The second kappa shape index (κ2) is 9.56. The fourth-order valence-electron chi connectivity index (χ4n) is 3.92. The van der Waals surface area contributed by atoms with Crippen LogP contribution in [0.1, 0.15) is 61.4 Å². The summed E-state index contributed by atoms with van der Waals surface area (Å²) < 4.78 is 0. The summed E-state index contributed by atoms with van der Waals surface area (Å²) >= 11 is 0. The first-order valence-electron chi connectivity index (χ1n) is 10.1. The maximum absolute atomic E-state index is 12.5. The number of nitrogen functional groups attached to an aromatic ring is 1. The number of nitrogens with two attached hydrogens (primary N) is 1. The van der Waals surface area contributed by atoms with E-state index in [0.29, 0.717) is 17.3 Å². The van der Waals surface area contributed by atoms with Crippen LogP contribution in [0.3, 0.4) is 0 Å². The predicted octanol–water partition coefficient (Wildman–Crippen LogP) is 4.97. The lowest BCUT2D eigenvalue weighted by Gasteiger charge is -2.25. The van der Waals surface area contributed by atoms with Crippen LogP contribution < -0.4 is 16.4 Å². The number of hydrogen-bond donors (Lipinski definition) is 3. The molecule has 2 aromatic carbocycles. The van der Waals surface area contributed by atoms with E-state index in [4.69, 9.17) is 5.73 Å². The van der Waals surface area contributed by atoms with Crippen molar-refractivity contribution in [1.82, 2.24) is 5.32 Å². The zero-order valence-corrected chi connectivity index (χ0v) is 16.2. The molecule has 0 heterocycles. The lowest BCUT2D eigenvalue weighted by molar-refractivity contribution is 0.102. The Labute approximate surface area is 162 Å². The Kier molecular flexibility index (Phi) is 6.88. The van der Waals surface area contributed by atoms with Crippen LogP contribution >= 0.6 is 0 Å². The number of anilines is 2. The molecule has 1 aliphatic carbocycles. The van der Waals surface area contributed by atoms with Gasteiger partial charge >= 0.3 is 0 Å². The van der Waals surface area contributed by atoms with Gasteiger partial charge in [-0.2, -0.15) is 0 Å². The third-order valence-corrected chi connectivity index (χ3v) is 5.49. The molecule has 1 amide bonds. The fourth-order valence-corrected chi connectivity index (χ4v) is 3.92. The van der Waals surface area contributed by atoms with E-state index in [1.54, 1.807) is 24.3 Å². The molecule has 0 unspecified atom stereocenters. The second-order valence-corrected chi connectivity index (χ2v) is 7.75. The molecule has 0 radical (unpaired) electrons. The Bertz CT molecular complexity index is 736. The normalized spacial score (nSPS) is 16.0. The summed E-state index contributed by atoms with van der Waals surface area (Å²) in [5, 5.41) is 6.67. The maximum atomic E-state index is 12.5. The van der Waals surface area contributed by atoms with Crippen LogP contribution in [0.2, 0.25) is 0 Å². The van der Waals surface area contributed by atoms with Gasteiger partial charge < -0.3 is 16.4 Å². The molecule has 144 valence electrons. The van der Waals surface area contributed by atoms with Gasteiger partial charge in [0.2, 0.25) is 0 Å². The zero-order chi connectivity index (χ0) is 19.1. The summed E-state index contributed by atoms with van der Waals surface area (Å²) in [4.78, 5) is 12.5. The molecule has 1 fully saturated rings. The predicted molar refractivity (Wildman–Crippen MR) is 113 cm³/mol. The van der Waals surface area contributed by atoms with Gasteiger partial charge in [0.05, 0.1) is 0 Å². The first-order valence-corrected chi connectivity index (χ1v) is 10.1. The summed E-state index contributed by atoms with van der Waals surface area (Å²) in [5.41, 5.74) is 8.93. The fraction of sp³-hybridized carbons (Fsp3) is 0.435. The van der Waals surface area contributed by atoms with Crippen LogP contribution in [0, 0.1) is 5.92 Å². The lowest BCUT2D eigenvalue weighted by Crippen LogP contribution is -2.29. The van der Waals surface area contributed by atoms with Gasteiger partial charge in [-0.25, -0.2) is 0 Å². The van der Waals surface area contributed by atoms with Crippen LogP contribution in [0.4, 0.5) is 11.4 Å². The number of nitrogens with one attached hydrogen (secondary N) is 2. The second-order valence-electron chi connectivity index (χ2n) is 7.75. The third-order valence-electron chi connectivity index (χ3n) is 5.49. The summed E-state index contributed by atoms with van der Waals surface area (Å²) in [5.74, 6) is 0.749. The van der Waals surface area contributed by atoms with Crippen molar-refractivity contribution in [2.45, 2.75) is 58.0 Å². The Hall–Kier alpha value is -2.33. The van der Waals surface area contributed by atoms with Gasteiger partial charge in [-0.15, -0.1) is 0 Å². The molecule has 0 bridgehead atoms. The summed E-state index contributed by atoms with van der Waals surface area (Å²) in [6.07, 6.45) is 8.16. The van der Waals surface area contributed by atoms with Crippen LogP contribution in [0.5, 0.6) is 0 Å². The van der Waals surface area contributed by atoms with Gasteiger partial charge in [-0.3, -0.25) is 4.79 Å². The van der Waals surface area contributed by atoms with Crippen molar-refractivity contribution < 1.29 is 4.79 Å². The average Bonchev–Trinajstić information content (AvgIpc) is 2.68. The van der Waals surface area contributed by atoms with Crippen LogP contribution in [-0.2, 0) is 6.54 Å². The van der Waals surface area contributed by atoms with E-state index in [9.17, 15) is 4.79 Å². The highest BCUT2D eigenvalue weighted by Crippen LogP contribution is 2.27. The molecule has 1 aliphatic rings. The largest absolute Gasteiger partial charge is 0.399 e. The molecule has 1 saturated carbocycles. The highest BCUT2D eigenvalue weighted by Gasteiger charge is 2.16. The quantitative estimate of drug-likeness (QED) is 0.607. The summed E-state index contributed by atoms with van der Waals surface area (Å²) in [6.45, 7) is 3.02. The molecule has 4 heteroatoms. The number of hydrogen-bond acceptors (Lipinski definition) is 3. The molecule has 4 nitrogen and oxygen atoms in total. The topological polar surface area (TPSA) is 67.1 Å². The van der Waals surface area contributed by atoms with Crippen LogP contribution in [0.15, 0.2) is 48.5 Å². The third kappa shape index (κ3) is 5.83. The minimum atomic E-state index is -0.113. The standard InChI is InChI=1S/C23H31N3O/c1-17(15-18-7-3-2-4-8-18)25-16-20-9-5-6-10-22(20)26-23(27)19-11-13-21(24)14-12-19/h5-6,9-14,17-18,25H,2-4,7-8,15-16,24H2,1H3,(H,26,27)/t17-/m0/s1. The maximum Gasteiger partial charge on any atom is 0.255 e. The van der Waals surface area contributed by atoms with Gasteiger partial charge in [0.25, 0.3) is 5.91 Å². The number of para-hydroxylation sites is 1. The van der Waals surface area contributed by atoms with Crippen molar-refractivity contribution in [3.05, 3.63) is 59.7 Å². The molecular formula is C23H31N3O. The summed E-state index contributed by atoms with van der Waals surface area (Å²) in [7, 11) is 0. The van der Waals surface area contributed by atoms with Gasteiger partial charge in [0, 0.05) is 29.5 Å². The van der Waals surface area contributed by atoms with Crippen molar-refractivity contribution in [3.8, 4) is 0 Å². The first-order chi connectivity index (χ1) is 13.1. The number of carbonyl (C=O) groups is 1. The lowest BCUT2D eigenvalue weighted by atomic mass is 9.85. The molecule has 0 aromatic heterocycles. The van der Waals surface area contributed by atoms with E-state index in [2.05, 4.69) is 23.6 Å². The van der Waals surface area contributed by atoms with Gasteiger partial charge in [-0.1, -0.05) is 50.3 Å². The van der Waals surface area contributed by atoms with E-state index < -0.39 is 0 Å². The van der Waals surface area contributed by atoms with Crippen molar-refractivity contribution in [1.29, 1.82) is 0 Å². The van der Waals surface area contributed by atoms with Crippen molar-refractivity contribution >= 4 is 17.3 Å². The minimum absolute atomic E-state index is 0.113. The Morgan fingerprint density at radius 3 is 2.52 bits per heavy atom. The number of amides is 1. The van der Waals surface area contributed by atoms with Crippen molar-refractivity contribution in [2.24, 2.45) is 5.92 Å². The van der Waals surface area contributed by atoms with Crippen molar-refractivity contribution in [2.75, 3.05) is 11.1 Å². The molecule has 0 spiro atoms. The van der Waals surface area contributed by atoms with E-state index in [0.717, 1.165) is 23.7 Å². The van der Waals surface area contributed by atoms with Gasteiger partial charge in [-0.05, 0) is 55.2 Å². The molecule has 2 aromatic rings. The van der Waals surface area contributed by atoms with Crippen LogP contribution in [-0.4, -0.2) is 11.9 Å². The molecular weight excluding hydrogens is 334 g/mol. The van der Waals surface area contributed by atoms with E-state index in [-0.39, 0.29) is 5.91 Å². The number of carbonyl (C=O) groups excluding carboxylic acids is 1. The molecule has 4 N–H and O–H groups in total. The van der Waals surface area contributed by atoms with Gasteiger partial charge in [0.15, 0.2) is 0 Å².